The van der Waals surface area contributed by atoms with Gasteiger partial charge in [-0.2, -0.15) is 4.68 Å². The summed E-state index contributed by atoms with van der Waals surface area (Å²) in [7, 11) is 0. The first-order valence-electron chi connectivity index (χ1n) is 7.54. The number of nitrogens with zero attached hydrogens (tertiary/aromatic N) is 5. The monoisotopic (exact) mass is 370 g/mol. The maximum absolute atomic E-state index is 12.1. The van der Waals surface area contributed by atoms with Crippen LogP contribution in [0.4, 0.5) is 11.5 Å². The predicted octanol–water partition coefficient (Wildman–Crippen LogP) is 2.68. The standard InChI is InChI=1S/C16H14N6O3S/c1-11-9-12(26-16-17-6-2-7-18-16)3-4-13(11)19-15(23)10-21-8-5-14(20-21)22(24)25/h2-9H,10H2,1H3,(H,19,23). The average molecular weight is 370 g/mol. The molecule has 2 heterocycles. The molecule has 0 unspecified atom stereocenters. The van der Waals surface area contributed by atoms with Crippen molar-refractivity contribution in [3.63, 3.8) is 0 Å². The SMILES string of the molecule is Cc1cc(Sc2ncccn2)ccc1NC(=O)Cn1ccc([N+](=O)[O-])n1. The number of aromatic nitrogens is 4. The normalized spacial score (nSPS) is 10.5. The van der Waals surface area contributed by atoms with Gasteiger partial charge in [0.1, 0.15) is 6.54 Å². The number of benzene rings is 1. The third-order valence-corrected chi connectivity index (χ3v) is 4.23. The third kappa shape index (κ3) is 4.42. The second-order valence-corrected chi connectivity index (χ2v) is 6.33. The number of aryl methyl sites for hydroxylation is 1. The molecule has 26 heavy (non-hydrogen) atoms. The predicted molar refractivity (Wildman–Crippen MR) is 94.8 cm³/mol. The van der Waals surface area contributed by atoms with Crippen LogP contribution in [0.2, 0.25) is 0 Å². The maximum atomic E-state index is 12.1. The lowest BCUT2D eigenvalue weighted by molar-refractivity contribution is -0.389. The van der Waals surface area contributed by atoms with Gasteiger partial charge in [0.05, 0.1) is 17.4 Å². The zero-order valence-electron chi connectivity index (χ0n) is 13.7. The van der Waals surface area contributed by atoms with Gasteiger partial charge in [0.2, 0.25) is 5.91 Å². The molecule has 2 aromatic heterocycles. The number of nitrogens with one attached hydrogen (secondary N) is 1. The molecule has 0 aliphatic heterocycles. The molecule has 0 spiro atoms. The van der Waals surface area contributed by atoms with Gasteiger partial charge in [-0.3, -0.25) is 4.79 Å². The molecule has 0 radical (unpaired) electrons. The van der Waals surface area contributed by atoms with Crippen LogP contribution < -0.4 is 5.32 Å². The molecule has 132 valence electrons. The summed E-state index contributed by atoms with van der Waals surface area (Å²) in [5.74, 6) is -0.614. The molecule has 1 aromatic carbocycles. The lowest BCUT2D eigenvalue weighted by Crippen LogP contribution is -2.19. The zero-order valence-corrected chi connectivity index (χ0v) is 14.5. The Morgan fingerprint density at radius 2 is 2.08 bits per heavy atom. The number of carbonyl (C=O) groups excluding carboxylic acids is 1. The highest BCUT2D eigenvalue weighted by molar-refractivity contribution is 7.99. The Balaban J connectivity index is 1.63. The number of rotatable bonds is 6. The van der Waals surface area contributed by atoms with Crippen LogP contribution in [0, 0.1) is 17.0 Å². The number of anilines is 1. The minimum Gasteiger partial charge on any atom is -0.358 e. The van der Waals surface area contributed by atoms with Gasteiger partial charge in [0.15, 0.2) is 5.16 Å². The van der Waals surface area contributed by atoms with E-state index in [-0.39, 0.29) is 18.3 Å². The Kier molecular flexibility index (Phi) is 5.23. The van der Waals surface area contributed by atoms with E-state index in [2.05, 4.69) is 20.4 Å². The lowest BCUT2D eigenvalue weighted by Gasteiger charge is -2.09. The van der Waals surface area contributed by atoms with Crippen LogP contribution in [0.25, 0.3) is 0 Å². The third-order valence-electron chi connectivity index (χ3n) is 3.34. The van der Waals surface area contributed by atoms with Crippen molar-refractivity contribution in [2.45, 2.75) is 23.5 Å². The van der Waals surface area contributed by atoms with E-state index in [1.54, 1.807) is 24.5 Å². The van der Waals surface area contributed by atoms with Crippen molar-refractivity contribution in [3.05, 3.63) is 64.6 Å². The molecule has 1 amide bonds. The highest BCUT2D eigenvalue weighted by Gasteiger charge is 2.14. The van der Waals surface area contributed by atoms with Gasteiger partial charge in [-0.25, -0.2) is 9.97 Å². The first-order chi connectivity index (χ1) is 12.5. The smallest absolute Gasteiger partial charge is 0.358 e. The van der Waals surface area contributed by atoms with Gasteiger partial charge in [-0.1, -0.05) is 0 Å². The molecule has 9 nitrogen and oxygen atoms in total. The molecule has 0 atom stereocenters. The molecule has 0 saturated carbocycles. The van der Waals surface area contributed by atoms with Gasteiger partial charge < -0.3 is 15.4 Å². The Labute approximate surface area is 152 Å². The van der Waals surface area contributed by atoms with Crippen LogP contribution in [0.1, 0.15) is 5.56 Å². The molecule has 10 heteroatoms. The fourth-order valence-electron chi connectivity index (χ4n) is 2.16. The van der Waals surface area contributed by atoms with Crippen molar-refractivity contribution >= 4 is 29.2 Å². The minimum absolute atomic E-state index is 0.109. The number of amides is 1. The topological polar surface area (TPSA) is 116 Å². The summed E-state index contributed by atoms with van der Waals surface area (Å²) >= 11 is 1.42. The molecule has 0 fully saturated rings. The van der Waals surface area contributed by atoms with Gasteiger partial charge >= 0.3 is 5.82 Å². The molecule has 3 aromatic rings. The second-order valence-electron chi connectivity index (χ2n) is 5.29. The van der Waals surface area contributed by atoms with E-state index in [1.165, 1.54) is 28.7 Å². The zero-order chi connectivity index (χ0) is 18.5. The van der Waals surface area contributed by atoms with Crippen LogP contribution in [0.3, 0.4) is 0 Å². The highest BCUT2D eigenvalue weighted by atomic mass is 32.2. The lowest BCUT2D eigenvalue weighted by atomic mass is 10.2. The second kappa shape index (κ2) is 7.74. The summed E-state index contributed by atoms with van der Waals surface area (Å²) in [5, 5.41) is 17.8. The number of nitro groups is 1. The fourth-order valence-corrected chi connectivity index (χ4v) is 2.97. The van der Waals surface area contributed by atoms with Crippen LogP contribution >= 0.6 is 11.8 Å². The van der Waals surface area contributed by atoms with Crippen molar-refractivity contribution in [2.24, 2.45) is 0 Å². The Hall–Kier alpha value is -3.27. The average Bonchev–Trinajstić information content (AvgIpc) is 3.07. The fraction of sp³-hybridized carbons (Fsp3) is 0.125. The van der Waals surface area contributed by atoms with E-state index < -0.39 is 4.92 Å². The van der Waals surface area contributed by atoms with Crippen LogP contribution in [0.15, 0.2) is 59.0 Å². The molecule has 0 bridgehead atoms. The van der Waals surface area contributed by atoms with Crippen LogP contribution in [-0.2, 0) is 11.3 Å². The molecule has 0 aliphatic rings. The quantitative estimate of drug-likeness (QED) is 0.403. The molecule has 0 saturated heterocycles. The Morgan fingerprint density at radius 3 is 2.73 bits per heavy atom. The van der Waals surface area contributed by atoms with Crippen LogP contribution in [-0.4, -0.2) is 30.6 Å². The Morgan fingerprint density at radius 1 is 1.31 bits per heavy atom. The highest BCUT2D eigenvalue weighted by Crippen LogP contribution is 2.27. The van der Waals surface area contributed by atoms with Gasteiger partial charge in [0.25, 0.3) is 0 Å². The van der Waals surface area contributed by atoms with Gasteiger partial charge in [-0.15, -0.1) is 0 Å². The molecular formula is C16H14N6O3S. The molecule has 1 N–H and O–H groups in total. The van der Waals surface area contributed by atoms with Crippen molar-refractivity contribution in [2.75, 3.05) is 5.32 Å². The van der Waals surface area contributed by atoms with Crippen molar-refractivity contribution in [1.29, 1.82) is 0 Å². The Bertz CT molecular complexity index is 944. The summed E-state index contributed by atoms with van der Waals surface area (Å²) in [4.78, 5) is 31.4. The van der Waals surface area contributed by atoms with E-state index in [0.717, 1.165) is 10.5 Å². The van der Waals surface area contributed by atoms with Gasteiger partial charge in [-0.05, 0) is 53.4 Å². The summed E-state index contributed by atoms with van der Waals surface area (Å²) in [6.07, 6.45) is 4.75. The van der Waals surface area contributed by atoms with Gasteiger partial charge in [0, 0.05) is 23.0 Å². The van der Waals surface area contributed by atoms with E-state index in [9.17, 15) is 14.9 Å². The molecule has 3 rings (SSSR count). The molecular weight excluding hydrogens is 356 g/mol. The van der Waals surface area contributed by atoms with Crippen molar-refractivity contribution < 1.29 is 9.72 Å². The van der Waals surface area contributed by atoms with E-state index in [1.807, 2.05) is 19.1 Å². The van der Waals surface area contributed by atoms with Crippen LogP contribution in [0.5, 0.6) is 0 Å². The summed E-state index contributed by atoms with van der Waals surface area (Å²) in [6, 6.07) is 8.58. The number of carbonyl (C=O) groups is 1. The first-order valence-corrected chi connectivity index (χ1v) is 8.36. The van der Waals surface area contributed by atoms with Crippen molar-refractivity contribution in [1.82, 2.24) is 19.7 Å². The number of hydrogen-bond acceptors (Lipinski definition) is 7. The van der Waals surface area contributed by atoms with Crippen molar-refractivity contribution in [3.8, 4) is 0 Å². The molecule has 0 aliphatic carbocycles. The van der Waals surface area contributed by atoms with E-state index >= 15 is 0 Å². The first kappa shape index (κ1) is 17.5. The summed E-state index contributed by atoms with van der Waals surface area (Å²) < 4.78 is 1.22. The summed E-state index contributed by atoms with van der Waals surface area (Å²) in [5.41, 5.74) is 1.54. The maximum Gasteiger partial charge on any atom is 0.389 e. The van der Waals surface area contributed by atoms with E-state index in [4.69, 9.17) is 0 Å². The summed E-state index contributed by atoms with van der Waals surface area (Å²) in [6.45, 7) is 1.77. The largest absolute Gasteiger partial charge is 0.389 e. The number of hydrogen-bond donors (Lipinski definition) is 1. The minimum atomic E-state index is -0.606. The van der Waals surface area contributed by atoms with E-state index in [0.29, 0.717) is 10.8 Å².